The van der Waals surface area contributed by atoms with E-state index in [9.17, 15) is 14.4 Å². The summed E-state index contributed by atoms with van der Waals surface area (Å²) < 4.78 is 1.10. The third-order valence-corrected chi connectivity index (χ3v) is 6.52. The number of carbonyl (C=O) groups is 3. The van der Waals surface area contributed by atoms with Crippen LogP contribution in [0.2, 0.25) is 0 Å². The van der Waals surface area contributed by atoms with E-state index < -0.39 is 5.91 Å². The number of allylic oxidation sites excluding steroid dienone is 2. The Hall–Kier alpha value is -2.75. The maximum Gasteiger partial charge on any atom is 0.270 e. The summed E-state index contributed by atoms with van der Waals surface area (Å²) in [5.74, 6) is -0.936. The van der Waals surface area contributed by atoms with Crippen LogP contribution in [-0.2, 0) is 9.59 Å². The number of rotatable bonds is 7. The summed E-state index contributed by atoms with van der Waals surface area (Å²) in [5, 5.41) is 0. The minimum absolute atomic E-state index is 0.139. The van der Waals surface area contributed by atoms with Gasteiger partial charge in [-0.3, -0.25) is 30.1 Å². The van der Waals surface area contributed by atoms with E-state index in [0.717, 1.165) is 5.56 Å². The van der Waals surface area contributed by atoms with Gasteiger partial charge in [-0.1, -0.05) is 78.6 Å². The van der Waals surface area contributed by atoms with Crippen molar-refractivity contribution in [1.29, 1.82) is 0 Å². The molecule has 0 aromatic heterocycles. The Morgan fingerprint density at radius 1 is 1.06 bits per heavy atom. The Morgan fingerprint density at radius 3 is 2.53 bits per heavy atom. The van der Waals surface area contributed by atoms with E-state index in [1.807, 2.05) is 42.5 Å². The minimum atomic E-state index is -0.420. The summed E-state index contributed by atoms with van der Waals surface area (Å²) in [6.07, 6.45) is 6.04. The number of thioether (sulfide) groups is 1. The molecule has 1 aliphatic heterocycles. The molecule has 0 radical (unpaired) electrons. The molecule has 3 amide bonds. The molecular formula is C23H20BrN3O3S2. The van der Waals surface area contributed by atoms with Crippen LogP contribution in [0.1, 0.15) is 28.8 Å². The van der Waals surface area contributed by atoms with Crippen LogP contribution in [-0.4, -0.2) is 33.5 Å². The average molecular weight is 530 g/mol. The number of hydrogen-bond donors (Lipinski definition) is 2. The van der Waals surface area contributed by atoms with Gasteiger partial charge in [-0.25, -0.2) is 0 Å². The van der Waals surface area contributed by atoms with E-state index in [1.54, 1.807) is 30.3 Å². The van der Waals surface area contributed by atoms with E-state index >= 15 is 0 Å². The number of amides is 3. The van der Waals surface area contributed by atoms with Crippen LogP contribution < -0.4 is 10.9 Å². The molecule has 32 heavy (non-hydrogen) atoms. The number of carbonyl (C=O) groups excluding carboxylic acids is 3. The van der Waals surface area contributed by atoms with Gasteiger partial charge in [0, 0.05) is 17.4 Å². The Balaban J connectivity index is 1.43. The van der Waals surface area contributed by atoms with Gasteiger partial charge in [-0.15, -0.1) is 0 Å². The lowest BCUT2D eigenvalue weighted by atomic mass is 10.2. The van der Waals surface area contributed by atoms with Crippen molar-refractivity contribution >= 4 is 68.0 Å². The highest BCUT2D eigenvalue weighted by Crippen LogP contribution is 2.31. The molecule has 3 rings (SSSR count). The van der Waals surface area contributed by atoms with Gasteiger partial charge in [0.1, 0.15) is 4.32 Å². The van der Waals surface area contributed by atoms with Gasteiger partial charge in [0.15, 0.2) is 0 Å². The fraction of sp³-hybridized carbons (Fsp3) is 0.130. The van der Waals surface area contributed by atoms with Crippen LogP contribution in [0.5, 0.6) is 0 Å². The van der Waals surface area contributed by atoms with Crippen LogP contribution >= 0.6 is 39.9 Å². The third kappa shape index (κ3) is 6.62. The summed E-state index contributed by atoms with van der Waals surface area (Å²) in [5.41, 5.74) is 6.22. The van der Waals surface area contributed by atoms with Crippen molar-refractivity contribution in [2.45, 2.75) is 12.8 Å². The van der Waals surface area contributed by atoms with E-state index in [-0.39, 0.29) is 18.2 Å². The molecule has 2 N–H and O–H groups in total. The first kappa shape index (κ1) is 23.9. The number of nitrogens with zero attached hydrogens (tertiary/aromatic N) is 1. The Labute approximate surface area is 204 Å². The van der Waals surface area contributed by atoms with E-state index in [4.69, 9.17) is 12.2 Å². The van der Waals surface area contributed by atoms with Crippen LogP contribution in [0.4, 0.5) is 0 Å². The maximum absolute atomic E-state index is 12.6. The molecule has 164 valence electrons. The Bertz CT molecular complexity index is 1090. The number of thiocarbonyl (C=S) groups is 1. The summed E-state index contributed by atoms with van der Waals surface area (Å²) in [6.45, 7) is 0.329. The normalized spacial score (nSPS) is 14.9. The van der Waals surface area contributed by atoms with Crippen LogP contribution in [0, 0.1) is 0 Å². The summed E-state index contributed by atoms with van der Waals surface area (Å²) in [7, 11) is 0. The molecule has 0 saturated carbocycles. The molecule has 2 aromatic carbocycles. The lowest BCUT2D eigenvalue weighted by Gasteiger charge is -2.14. The quantitative estimate of drug-likeness (QED) is 0.314. The van der Waals surface area contributed by atoms with Crippen LogP contribution in [0.25, 0.3) is 6.08 Å². The molecule has 2 aromatic rings. The summed E-state index contributed by atoms with van der Waals surface area (Å²) in [4.78, 5) is 38.8. The number of hydrazine groups is 1. The van der Waals surface area contributed by atoms with Crippen molar-refractivity contribution in [2.24, 2.45) is 0 Å². The van der Waals surface area contributed by atoms with Gasteiger partial charge >= 0.3 is 0 Å². The number of hydrogen-bond acceptors (Lipinski definition) is 5. The molecule has 1 aliphatic rings. The number of benzene rings is 2. The number of nitrogens with one attached hydrogen (secondary N) is 2. The van der Waals surface area contributed by atoms with Gasteiger partial charge in [-0.2, -0.15) is 0 Å². The van der Waals surface area contributed by atoms with Crippen LogP contribution in [0.3, 0.4) is 0 Å². The summed E-state index contributed by atoms with van der Waals surface area (Å²) >= 11 is 9.85. The maximum atomic E-state index is 12.6. The van der Waals surface area contributed by atoms with Crippen molar-refractivity contribution in [2.75, 3.05) is 6.54 Å². The van der Waals surface area contributed by atoms with E-state index in [1.165, 1.54) is 16.7 Å². The molecule has 0 aliphatic carbocycles. The third-order valence-electron chi connectivity index (χ3n) is 4.43. The molecular weight excluding hydrogens is 510 g/mol. The second kappa shape index (κ2) is 11.8. The minimum Gasteiger partial charge on any atom is -0.293 e. The topological polar surface area (TPSA) is 78.5 Å². The molecule has 1 saturated heterocycles. The van der Waals surface area contributed by atoms with Crippen LogP contribution in [0.15, 0.2) is 76.1 Å². The van der Waals surface area contributed by atoms with Crippen molar-refractivity contribution in [3.63, 3.8) is 0 Å². The van der Waals surface area contributed by atoms with Crippen molar-refractivity contribution in [3.8, 4) is 0 Å². The van der Waals surface area contributed by atoms with Gasteiger partial charge in [0.2, 0.25) is 5.91 Å². The zero-order chi connectivity index (χ0) is 22.9. The molecule has 0 bridgehead atoms. The zero-order valence-electron chi connectivity index (χ0n) is 16.9. The predicted octanol–water partition coefficient (Wildman–Crippen LogP) is 4.45. The number of halogens is 1. The Kier molecular flexibility index (Phi) is 8.78. The fourth-order valence-corrected chi connectivity index (χ4v) is 4.54. The lowest BCUT2D eigenvalue weighted by Crippen LogP contribution is -2.42. The first-order chi connectivity index (χ1) is 15.5. The molecule has 0 spiro atoms. The highest BCUT2D eigenvalue weighted by Gasteiger charge is 2.31. The largest absolute Gasteiger partial charge is 0.293 e. The molecule has 6 nitrogen and oxygen atoms in total. The first-order valence-corrected chi connectivity index (χ1v) is 11.8. The predicted molar refractivity (Wildman–Crippen MR) is 134 cm³/mol. The second-order valence-electron chi connectivity index (χ2n) is 6.71. The Morgan fingerprint density at radius 2 is 1.78 bits per heavy atom. The molecule has 1 heterocycles. The highest BCUT2D eigenvalue weighted by molar-refractivity contribution is 9.10. The summed E-state index contributed by atoms with van der Waals surface area (Å²) in [6, 6.07) is 16.7. The standard InChI is InChI=1S/C23H20BrN3O3S2/c24-18-12-5-4-11-17(18)21(29)26-25-20(28)14-7-15-27-22(30)19(32-23(27)31)13-6-10-16-8-2-1-3-9-16/h1-6,8-13H,7,14-15H2,(H,25,28)(H,26,29)/b10-6+,19-13-. The fourth-order valence-electron chi connectivity index (χ4n) is 2.82. The zero-order valence-corrected chi connectivity index (χ0v) is 20.1. The van der Waals surface area contributed by atoms with Crippen molar-refractivity contribution < 1.29 is 14.4 Å². The first-order valence-electron chi connectivity index (χ1n) is 9.76. The van der Waals surface area contributed by atoms with Crippen molar-refractivity contribution in [3.05, 3.63) is 87.3 Å². The monoisotopic (exact) mass is 529 g/mol. The molecule has 0 atom stereocenters. The van der Waals surface area contributed by atoms with Gasteiger partial charge in [0.05, 0.1) is 10.5 Å². The lowest BCUT2D eigenvalue weighted by molar-refractivity contribution is -0.124. The second-order valence-corrected chi connectivity index (χ2v) is 9.24. The SMILES string of the molecule is O=C(CCCN1C(=O)/C(=C/C=C/c2ccccc2)SC1=S)NNC(=O)c1ccccc1Br. The van der Waals surface area contributed by atoms with Gasteiger partial charge in [0.25, 0.3) is 11.8 Å². The highest BCUT2D eigenvalue weighted by atomic mass is 79.9. The molecule has 9 heteroatoms. The van der Waals surface area contributed by atoms with E-state index in [2.05, 4.69) is 26.8 Å². The average Bonchev–Trinajstić information content (AvgIpc) is 3.06. The van der Waals surface area contributed by atoms with Gasteiger partial charge in [-0.05, 0) is 46.1 Å². The van der Waals surface area contributed by atoms with E-state index in [0.29, 0.717) is 32.2 Å². The molecule has 1 fully saturated rings. The molecule has 0 unspecified atom stereocenters. The smallest absolute Gasteiger partial charge is 0.270 e. The van der Waals surface area contributed by atoms with Gasteiger partial charge < -0.3 is 0 Å². The van der Waals surface area contributed by atoms with Crippen molar-refractivity contribution in [1.82, 2.24) is 15.8 Å².